The van der Waals surface area contributed by atoms with Crippen LogP contribution in [-0.2, 0) is 6.54 Å². The lowest BCUT2D eigenvalue weighted by atomic mass is 10.2. The molecule has 0 amide bonds. The molecule has 0 radical (unpaired) electrons. The van der Waals surface area contributed by atoms with Crippen LogP contribution in [0.15, 0.2) is 16.7 Å². The van der Waals surface area contributed by atoms with Gasteiger partial charge < -0.3 is 14.8 Å². The third-order valence-electron chi connectivity index (χ3n) is 2.23. The van der Waals surface area contributed by atoms with E-state index in [1.54, 1.807) is 6.26 Å². The van der Waals surface area contributed by atoms with Gasteiger partial charge in [-0.25, -0.2) is 0 Å². The largest absolute Gasteiger partial charge is 0.468 e. The summed E-state index contributed by atoms with van der Waals surface area (Å²) in [4.78, 5) is 0. The number of furan rings is 1. The van der Waals surface area contributed by atoms with Gasteiger partial charge in [0.1, 0.15) is 5.76 Å². The smallest absolute Gasteiger partial charge is 0.120 e. The highest BCUT2D eigenvalue weighted by molar-refractivity contribution is 5.14. The molecule has 0 aliphatic heterocycles. The first-order valence-corrected chi connectivity index (χ1v) is 4.65. The zero-order chi connectivity index (χ0) is 9.68. The monoisotopic (exact) mass is 183 g/mol. The Morgan fingerprint density at radius 1 is 1.62 bits per heavy atom. The molecule has 3 heteroatoms. The minimum Gasteiger partial charge on any atom is -0.468 e. The fraction of sp³-hybridized carbons (Fsp3) is 0.600. The summed E-state index contributed by atoms with van der Waals surface area (Å²) < 4.78 is 5.26. The molecule has 0 fully saturated rings. The lowest BCUT2D eigenvalue weighted by molar-refractivity contribution is 0.235. The van der Waals surface area contributed by atoms with E-state index >= 15 is 0 Å². The Hall–Kier alpha value is -0.800. The quantitative estimate of drug-likeness (QED) is 0.726. The number of aliphatic hydroxyl groups excluding tert-OH is 1. The van der Waals surface area contributed by atoms with Gasteiger partial charge in [-0.3, -0.25) is 0 Å². The normalized spacial score (nSPS) is 13.2. The van der Waals surface area contributed by atoms with Gasteiger partial charge in [0.2, 0.25) is 0 Å². The number of nitrogens with one attached hydrogen (secondary N) is 1. The molecule has 0 saturated carbocycles. The maximum atomic E-state index is 8.93. The van der Waals surface area contributed by atoms with Crippen LogP contribution in [0.4, 0.5) is 0 Å². The molecule has 1 unspecified atom stereocenters. The van der Waals surface area contributed by atoms with Gasteiger partial charge in [-0.2, -0.15) is 0 Å². The molecule has 1 atom stereocenters. The fourth-order valence-electron chi connectivity index (χ4n) is 1.16. The van der Waals surface area contributed by atoms with E-state index in [1.165, 1.54) is 0 Å². The fourth-order valence-corrected chi connectivity index (χ4v) is 1.16. The van der Waals surface area contributed by atoms with Crippen molar-refractivity contribution in [2.75, 3.05) is 6.61 Å². The molecule has 0 aromatic carbocycles. The molecule has 13 heavy (non-hydrogen) atoms. The first-order valence-electron chi connectivity index (χ1n) is 4.65. The van der Waals surface area contributed by atoms with E-state index in [-0.39, 0.29) is 12.6 Å². The molecule has 1 heterocycles. The number of hydrogen-bond donors (Lipinski definition) is 2. The third-order valence-corrected chi connectivity index (χ3v) is 2.23. The second kappa shape index (κ2) is 5.04. The van der Waals surface area contributed by atoms with Crippen molar-refractivity contribution in [2.45, 2.75) is 32.9 Å². The summed E-state index contributed by atoms with van der Waals surface area (Å²) >= 11 is 0. The molecular weight excluding hydrogens is 166 g/mol. The number of aliphatic hydroxyl groups is 1. The molecule has 0 aliphatic rings. The second-order valence-corrected chi connectivity index (χ2v) is 3.20. The molecule has 0 spiro atoms. The van der Waals surface area contributed by atoms with Crippen molar-refractivity contribution in [1.82, 2.24) is 5.32 Å². The first kappa shape index (κ1) is 10.3. The van der Waals surface area contributed by atoms with Gasteiger partial charge in [-0.05, 0) is 25.0 Å². The highest BCUT2D eigenvalue weighted by atomic mass is 16.3. The Kier molecular flexibility index (Phi) is 3.99. The van der Waals surface area contributed by atoms with Gasteiger partial charge in [0, 0.05) is 6.04 Å². The van der Waals surface area contributed by atoms with Crippen LogP contribution >= 0.6 is 0 Å². The van der Waals surface area contributed by atoms with Crippen LogP contribution in [0, 0.1) is 6.92 Å². The van der Waals surface area contributed by atoms with Crippen LogP contribution in [0.3, 0.4) is 0 Å². The van der Waals surface area contributed by atoms with E-state index < -0.39 is 0 Å². The van der Waals surface area contributed by atoms with Gasteiger partial charge >= 0.3 is 0 Å². The summed E-state index contributed by atoms with van der Waals surface area (Å²) in [6.07, 6.45) is 2.61. The average Bonchev–Trinajstić information content (AvgIpc) is 2.54. The third kappa shape index (κ3) is 2.86. The van der Waals surface area contributed by atoms with Gasteiger partial charge in [0.05, 0.1) is 19.4 Å². The molecule has 74 valence electrons. The summed E-state index contributed by atoms with van der Waals surface area (Å²) in [5.41, 5.74) is 1.15. The van der Waals surface area contributed by atoms with Gasteiger partial charge in [-0.15, -0.1) is 0 Å². The highest BCUT2D eigenvalue weighted by Crippen LogP contribution is 2.08. The molecule has 1 aromatic heterocycles. The van der Waals surface area contributed by atoms with Crippen LogP contribution in [0.25, 0.3) is 0 Å². The Labute approximate surface area is 78.8 Å². The molecule has 0 saturated heterocycles. The molecule has 3 nitrogen and oxygen atoms in total. The SMILES string of the molecule is CCC(CO)NCc1occc1C. The molecule has 1 rings (SSSR count). The van der Waals surface area contributed by atoms with E-state index in [4.69, 9.17) is 9.52 Å². The molecule has 0 aliphatic carbocycles. The van der Waals surface area contributed by atoms with Crippen LogP contribution in [-0.4, -0.2) is 17.8 Å². The zero-order valence-electron chi connectivity index (χ0n) is 8.21. The van der Waals surface area contributed by atoms with Crippen molar-refractivity contribution < 1.29 is 9.52 Å². The summed E-state index contributed by atoms with van der Waals surface area (Å²) in [6, 6.07) is 2.11. The standard InChI is InChI=1S/C10H17NO2/c1-3-9(7-12)11-6-10-8(2)4-5-13-10/h4-5,9,11-12H,3,6-7H2,1-2H3. The van der Waals surface area contributed by atoms with Crippen molar-refractivity contribution in [3.63, 3.8) is 0 Å². The van der Waals surface area contributed by atoms with E-state index in [9.17, 15) is 0 Å². The summed E-state index contributed by atoms with van der Waals surface area (Å²) in [7, 11) is 0. The molecule has 0 bridgehead atoms. The Morgan fingerprint density at radius 3 is 2.85 bits per heavy atom. The molecular formula is C10H17NO2. The van der Waals surface area contributed by atoms with E-state index in [2.05, 4.69) is 5.32 Å². The Bertz CT molecular complexity index is 241. The number of rotatable bonds is 5. The lowest BCUT2D eigenvalue weighted by Crippen LogP contribution is -2.31. The highest BCUT2D eigenvalue weighted by Gasteiger charge is 2.06. The van der Waals surface area contributed by atoms with E-state index in [1.807, 2.05) is 19.9 Å². The lowest BCUT2D eigenvalue weighted by Gasteiger charge is -2.12. The first-order chi connectivity index (χ1) is 6.27. The number of aryl methyl sites for hydroxylation is 1. The van der Waals surface area contributed by atoms with Crippen LogP contribution in [0.1, 0.15) is 24.7 Å². The average molecular weight is 183 g/mol. The minimum atomic E-state index is 0.171. The van der Waals surface area contributed by atoms with Crippen molar-refractivity contribution in [3.05, 3.63) is 23.7 Å². The van der Waals surface area contributed by atoms with Crippen molar-refractivity contribution in [1.29, 1.82) is 0 Å². The Morgan fingerprint density at radius 2 is 2.38 bits per heavy atom. The topological polar surface area (TPSA) is 45.4 Å². The van der Waals surface area contributed by atoms with Crippen molar-refractivity contribution in [2.24, 2.45) is 0 Å². The van der Waals surface area contributed by atoms with Crippen molar-refractivity contribution >= 4 is 0 Å². The predicted octanol–water partition coefficient (Wildman–Crippen LogP) is 1.45. The second-order valence-electron chi connectivity index (χ2n) is 3.20. The zero-order valence-corrected chi connectivity index (χ0v) is 8.21. The maximum Gasteiger partial charge on any atom is 0.120 e. The predicted molar refractivity (Wildman–Crippen MR) is 51.4 cm³/mol. The van der Waals surface area contributed by atoms with E-state index in [0.29, 0.717) is 6.54 Å². The van der Waals surface area contributed by atoms with Crippen molar-refractivity contribution in [3.8, 4) is 0 Å². The summed E-state index contributed by atoms with van der Waals surface area (Å²) in [5, 5.41) is 12.1. The molecule has 2 N–H and O–H groups in total. The molecule has 1 aromatic rings. The van der Waals surface area contributed by atoms with Gasteiger partial charge in [0.15, 0.2) is 0 Å². The maximum absolute atomic E-state index is 8.93. The minimum absolute atomic E-state index is 0.171. The Balaban J connectivity index is 2.38. The van der Waals surface area contributed by atoms with Gasteiger partial charge in [-0.1, -0.05) is 6.92 Å². The van der Waals surface area contributed by atoms with Gasteiger partial charge in [0.25, 0.3) is 0 Å². The summed E-state index contributed by atoms with van der Waals surface area (Å²) in [5.74, 6) is 0.951. The van der Waals surface area contributed by atoms with Crippen LogP contribution in [0.5, 0.6) is 0 Å². The van der Waals surface area contributed by atoms with E-state index in [0.717, 1.165) is 17.7 Å². The summed E-state index contributed by atoms with van der Waals surface area (Å²) in [6.45, 7) is 4.93. The van der Waals surface area contributed by atoms with Crippen LogP contribution in [0.2, 0.25) is 0 Å². The van der Waals surface area contributed by atoms with Crippen LogP contribution < -0.4 is 5.32 Å². The number of hydrogen-bond acceptors (Lipinski definition) is 3.